The molecule has 0 amide bonds. The zero-order valence-corrected chi connectivity index (χ0v) is 13.5. The van der Waals surface area contributed by atoms with Crippen molar-refractivity contribution in [2.45, 2.75) is 31.7 Å². The maximum atomic E-state index is 7.95. The average Bonchev–Trinajstić information content (AvgIpc) is 2.27. The number of hydrogen-bond acceptors (Lipinski definition) is 4. The molecule has 2 heterocycles. The second kappa shape index (κ2) is 5.43. The third kappa shape index (κ3) is 2.62. The van der Waals surface area contributed by atoms with Crippen molar-refractivity contribution in [2.24, 2.45) is 5.92 Å². The maximum absolute atomic E-state index is 7.95. The van der Waals surface area contributed by atoms with Gasteiger partial charge in [-0.3, -0.25) is 0 Å². The van der Waals surface area contributed by atoms with Crippen molar-refractivity contribution < 1.29 is 41.3 Å². The van der Waals surface area contributed by atoms with Crippen LogP contribution in [0.15, 0.2) is 6.20 Å². The molecule has 1 aromatic heterocycles. The number of rotatable bonds is 0. The monoisotopic (exact) mass is 359 g/mol. The summed E-state index contributed by atoms with van der Waals surface area (Å²) in [5, 5.41) is 1.74. The summed E-state index contributed by atoms with van der Waals surface area (Å²) in [5.41, 5.74) is 7.88. The van der Waals surface area contributed by atoms with E-state index in [1.807, 2.05) is 6.20 Å². The summed E-state index contributed by atoms with van der Waals surface area (Å²) in [6.45, 7) is 0.895. The second-order valence-corrected chi connectivity index (χ2v) is 4.77. The predicted octanol–water partition coefficient (Wildman–Crippen LogP) is 1.21. The first-order valence-electron chi connectivity index (χ1n) is 5.82. The van der Waals surface area contributed by atoms with Gasteiger partial charge in [0, 0.05) is 53.2 Å². The van der Waals surface area contributed by atoms with Crippen molar-refractivity contribution in [1.82, 2.24) is 15.0 Å². The minimum absolute atomic E-state index is 0. The maximum Gasteiger partial charge on any atom is 0.220 e. The van der Waals surface area contributed by atoms with E-state index in [-0.39, 0.29) is 41.3 Å². The Morgan fingerprint density at radius 2 is 2.24 bits per heavy atom. The quantitative estimate of drug-likeness (QED) is 0.755. The first-order valence-corrected chi connectivity index (χ1v) is 5.82. The number of nitrogens with one attached hydrogen (secondary N) is 1. The molecule has 1 aliphatic heterocycles. The van der Waals surface area contributed by atoms with Gasteiger partial charge in [-0.2, -0.15) is 0 Å². The van der Waals surface area contributed by atoms with Crippen LogP contribution in [0.4, 0.5) is 5.95 Å². The summed E-state index contributed by atoms with van der Waals surface area (Å²) in [5.74, 6) is 8.90. The molecule has 3 N–H and O–H groups in total. The Kier molecular flexibility index (Phi) is 4.34. The van der Waals surface area contributed by atoms with Gasteiger partial charge in [-0.15, -0.1) is 0 Å². The van der Waals surface area contributed by atoms with Crippen molar-refractivity contribution in [1.29, 1.82) is 0 Å². The van der Waals surface area contributed by atoms with Gasteiger partial charge in [0.1, 0.15) is 0 Å². The summed E-state index contributed by atoms with van der Waals surface area (Å²) in [7, 11) is 0. The van der Waals surface area contributed by atoms with E-state index in [9.17, 15) is 0 Å². The number of piperidine rings is 1. The topological polar surface area (TPSA) is 78.8 Å². The number of nitrogens with zero attached hydrogens (tertiary/aromatic N) is 3. The average molecular weight is 359 g/mol. The van der Waals surface area contributed by atoms with E-state index in [4.69, 9.17) is 11.6 Å². The SMILES string of the molecule is [NH-]N1CCCC2Cc3nc(N)ncc3CC21.[Pr]. The third-order valence-corrected chi connectivity index (χ3v) is 3.78. The molecule has 3 rings (SSSR count). The van der Waals surface area contributed by atoms with Crippen LogP contribution in [0.1, 0.15) is 24.1 Å². The molecule has 2 unspecified atom stereocenters. The molecule has 0 saturated carbocycles. The molecule has 0 aromatic carbocycles. The van der Waals surface area contributed by atoms with E-state index >= 15 is 0 Å². The number of fused-ring (bicyclic) bond motifs is 2. The van der Waals surface area contributed by atoms with Gasteiger partial charge < -0.3 is 16.6 Å². The Labute approximate surface area is 134 Å². The number of nitrogen functional groups attached to an aromatic ring is 1. The van der Waals surface area contributed by atoms with Crippen LogP contribution in [0.25, 0.3) is 5.84 Å². The van der Waals surface area contributed by atoms with Gasteiger partial charge in [-0.1, -0.05) is 0 Å². The second-order valence-electron chi connectivity index (χ2n) is 4.77. The van der Waals surface area contributed by atoms with Gasteiger partial charge in [0.15, 0.2) is 0 Å². The van der Waals surface area contributed by atoms with Crippen molar-refractivity contribution in [3.8, 4) is 0 Å². The first-order chi connectivity index (χ1) is 7.74. The molecule has 2 atom stereocenters. The summed E-state index contributed by atoms with van der Waals surface area (Å²) < 4.78 is 0. The van der Waals surface area contributed by atoms with Crippen LogP contribution in [0, 0.1) is 47.2 Å². The largest absolute Gasteiger partial charge is 0.609 e. The van der Waals surface area contributed by atoms with E-state index in [1.54, 1.807) is 5.01 Å². The number of aromatic nitrogens is 2. The van der Waals surface area contributed by atoms with Gasteiger partial charge in [-0.25, -0.2) is 9.97 Å². The van der Waals surface area contributed by atoms with Gasteiger partial charge >= 0.3 is 0 Å². The fourth-order valence-corrected chi connectivity index (χ4v) is 2.93. The Morgan fingerprint density at radius 3 is 3.06 bits per heavy atom. The molecule has 0 bridgehead atoms. The van der Waals surface area contributed by atoms with Crippen LogP contribution >= 0.6 is 0 Å². The van der Waals surface area contributed by atoms with Crippen LogP contribution in [0.5, 0.6) is 0 Å². The zero-order valence-electron chi connectivity index (χ0n) is 9.76. The van der Waals surface area contributed by atoms with Crippen LogP contribution < -0.4 is 5.73 Å². The van der Waals surface area contributed by atoms with Gasteiger partial charge in [0.2, 0.25) is 5.95 Å². The fourth-order valence-electron chi connectivity index (χ4n) is 2.93. The molecule has 5 nitrogen and oxygen atoms in total. The van der Waals surface area contributed by atoms with Gasteiger partial charge in [0.05, 0.1) is 0 Å². The summed E-state index contributed by atoms with van der Waals surface area (Å²) >= 11 is 0. The molecule has 6 heteroatoms. The Balaban J connectivity index is 0.00000108. The van der Waals surface area contributed by atoms with Crippen LogP contribution in [-0.4, -0.2) is 27.6 Å². The molecule has 1 saturated heterocycles. The number of nitrogens with two attached hydrogens (primary N) is 1. The molecule has 0 spiro atoms. The van der Waals surface area contributed by atoms with Gasteiger partial charge in [0.25, 0.3) is 0 Å². The van der Waals surface area contributed by atoms with Crippen LogP contribution in [0.3, 0.4) is 0 Å². The van der Waals surface area contributed by atoms with E-state index in [2.05, 4.69) is 9.97 Å². The molecular formula is C11H16N5Pr-. The van der Waals surface area contributed by atoms with Crippen molar-refractivity contribution in [3.63, 3.8) is 0 Å². The molecule has 1 aromatic rings. The molecule has 2 aliphatic rings. The van der Waals surface area contributed by atoms with E-state index < -0.39 is 0 Å². The summed E-state index contributed by atoms with van der Waals surface area (Å²) in [6.07, 6.45) is 6.03. The predicted molar refractivity (Wildman–Crippen MR) is 61.4 cm³/mol. The Morgan fingerprint density at radius 1 is 1.41 bits per heavy atom. The minimum Gasteiger partial charge on any atom is -0.609 e. The van der Waals surface area contributed by atoms with Crippen LogP contribution in [0.2, 0.25) is 0 Å². The Bertz CT molecular complexity index is 411. The van der Waals surface area contributed by atoms with E-state index in [0.717, 1.165) is 31.5 Å². The molecular weight excluding hydrogens is 343 g/mol. The summed E-state index contributed by atoms with van der Waals surface area (Å²) in [6, 6.07) is 0.355. The third-order valence-electron chi connectivity index (χ3n) is 3.78. The standard InChI is InChI=1S/C11H16N5.Pr/c12-11-14-6-8-5-10-7(4-9(8)15-11)2-1-3-16(10)13;/h6-7,10,13H,1-5H2,(H2,12,14,15);/q-1;. The molecule has 1 aliphatic carbocycles. The molecule has 17 heavy (non-hydrogen) atoms. The zero-order chi connectivity index (χ0) is 11.1. The molecule has 1 fully saturated rings. The van der Waals surface area contributed by atoms with Crippen molar-refractivity contribution in [2.75, 3.05) is 12.3 Å². The number of hydrogen-bond donors (Lipinski definition) is 1. The van der Waals surface area contributed by atoms with Crippen molar-refractivity contribution >= 4 is 5.95 Å². The molecule has 89 valence electrons. The van der Waals surface area contributed by atoms with Crippen LogP contribution in [-0.2, 0) is 12.8 Å². The fraction of sp³-hybridized carbons (Fsp3) is 0.636. The normalized spacial score (nSPS) is 27.8. The van der Waals surface area contributed by atoms with Crippen molar-refractivity contribution in [3.05, 3.63) is 23.3 Å². The molecule has 1 radical (unpaired) electrons. The smallest absolute Gasteiger partial charge is 0.220 e. The Hall–Kier alpha value is 0.164. The van der Waals surface area contributed by atoms with Gasteiger partial charge in [-0.05, 0) is 49.8 Å². The summed E-state index contributed by atoms with van der Waals surface area (Å²) in [4.78, 5) is 8.36. The van der Waals surface area contributed by atoms with E-state index in [0.29, 0.717) is 17.9 Å². The van der Waals surface area contributed by atoms with E-state index in [1.165, 1.54) is 12.0 Å². The first kappa shape index (κ1) is 13.6. The number of anilines is 1. The minimum atomic E-state index is 0.